The van der Waals surface area contributed by atoms with Crippen LogP contribution in [-0.2, 0) is 0 Å². The Morgan fingerprint density at radius 3 is 2.73 bits per heavy atom. The molecule has 4 amide bonds. The van der Waals surface area contributed by atoms with Crippen molar-refractivity contribution in [2.24, 2.45) is 0 Å². The molecule has 1 saturated carbocycles. The van der Waals surface area contributed by atoms with Crippen LogP contribution in [0.1, 0.15) is 25.7 Å². The van der Waals surface area contributed by atoms with Crippen LogP contribution in [-0.4, -0.2) is 83.2 Å². The third-order valence-electron chi connectivity index (χ3n) is 6.47. The molecule has 30 heavy (non-hydrogen) atoms. The van der Waals surface area contributed by atoms with Crippen molar-refractivity contribution < 1.29 is 14.3 Å². The third kappa shape index (κ3) is 3.66. The molecule has 1 N–H and O–H groups in total. The van der Waals surface area contributed by atoms with Crippen molar-refractivity contribution in [1.82, 2.24) is 25.0 Å². The van der Waals surface area contributed by atoms with Crippen molar-refractivity contribution in [2.75, 3.05) is 33.2 Å². The molecule has 160 valence electrons. The number of carbonyl (C=O) groups excluding carboxylic acids is 2. The highest BCUT2D eigenvalue weighted by Crippen LogP contribution is 2.29. The highest BCUT2D eigenvalue weighted by Gasteiger charge is 2.36. The van der Waals surface area contributed by atoms with E-state index >= 15 is 0 Å². The summed E-state index contributed by atoms with van der Waals surface area (Å²) in [4.78, 5) is 34.7. The van der Waals surface area contributed by atoms with E-state index in [1.165, 1.54) is 0 Å². The molecule has 1 aliphatic carbocycles. The van der Waals surface area contributed by atoms with Crippen molar-refractivity contribution >= 4 is 33.6 Å². The Hall–Kier alpha value is -2.55. The molecule has 0 spiro atoms. The maximum atomic E-state index is 12.6. The minimum Gasteiger partial charge on any atom is -0.484 e. The van der Waals surface area contributed by atoms with Gasteiger partial charge < -0.3 is 24.8 Å². The number of fused-ring (bicyclic) bond motifs is 1. The predicted octanol–water partition coefficient (Wildman–Crippen LogP) is 2.75. The first kappa shape index (κ1) is 19.4. The van der Waals surface area contributed by atoms with E-state index in [2.05, 4.69) is 10.3 Å². The Bertz CT molecular complexity index is 936. The molecular formula is C21H27N5O3S. The molecule has 8 nitrogen and oxygen atoms in total. The lowest BCUT2D eigenvalue weighted by Gasteiger charge is -2.40. The summed E-state index contributed by atoms with van der Waals surface area (Å²) in [5, 5.41) is 3.17. The van der Waals surface area contributed by atoms with Gasteiger partial charge in [-0.15, -0.1) is 11.3 Å². The number of aromatic nitrogens is 1. The molecule has 3 aliphatic rings. The number of para-hydroxylation sites is 1. The maximum Gasteiger partial charge on any atom is 0.320 e. The van der Waals surface area contributed by atoms with Crippen LogP contribution < -0.4 is 10.1 Å². The molecule has 0 unspecified atom stereocenters. The Balaban J connectivity index is 1.06. The number of hydrogen-bond acceptors (Lipinski definition) is 5. The first-order valence-corrected chi connectivity index (χ1v) is 11.5. The van der Waals surface area contributed by atoms with E-state index < -0.39 is 0 Å². The lowest BCUT2D eigenvalue weighted by atomic mass is 9.90. The molecule has 5 rings (SSSR count). The van der Waals surface area contributed by atoms with Gasteiger partial charge in [-0.1, -0.05) is 6.07 Å². The van der Waals surface area contributed by atoms with Gasteiger partial charge in [0.05, 0.1) is 23.3 Å². The SMILES string of the molecule is CN1CCN(C2CCC(NC(=O)N3CC(Oc4cccc5scnc45)C3)CC2)C1=O. The van der Waals surface area contributed by atoms with Gasteiger partial charge in [-0.3, -0.25) is 0 Å². The first-order valence-electron chi connectivity index (χ1n) is 10.6. The summed E-state index contributed by atoms with van der Waals surface area (Å²) in [6.45, 7) is 2.82. The Morgan fingerprint density at radius 1 is 1.20 bits per heavy atom. The van der Waals surface area contributed by atoms with Gasteiger partial charge in [-0.2, -0.15) is 0 Å². The number of urea groups is 2. The Labute approximate surface area is 179 Å². The van der Waals surface area contributed by atoms with Gasteiger partial charge in [-0.25, -0.2) is 14.6 Å². The van der Waals surface area contributed by atoms with Crippen LogP contribution in [0.3, 0.4) is 0 Å². The summed E-state index contributed by atoms with van der Waals surface area (Å²) in [6, 6.07) is 6.57. The van der Waals surface area contributed by atoms with Crippen molar-refractivity contribution in [1.29, 1.82) is 0 Å². The molecule has 2 aliphatic heterocycles. The van der Waals surface area contributed by atoms with Crippen molar-refractivity contribution in [3.8, 4) is 5.75 Å². The molecule has 3 heterocycles. The summed E-state index contributed by atoms with van der Waals surface area (Å²) in [6.07, 6.45) is 3.76. The Morgan fingerprint density at radius 2 is 2.00 bits per heavy atom. The topological polar surface area (TPSA) is 78.0 Å². The van der Waals surface area contributed by atoms with Gasteiger partial charge in [0.1, 0.15) is 17.4 Å². The van der Waals surface area contributed by atoms with Crippen molar-refractivity contribution in [3.63, 3.8) is 0 Å². The zero-order valence-electron chi connectivity index (χ0n) is 17.1. The van der Waals surface area contributed by atoms with Gasteiger partial charge in [0.2, 0.25) is 0 Å². The average Bonchev–Trinajstić information content (AvgIpc) is 3.32. The summed E-state index contributed by atoms with van der Waals surface area (Å²) < 4.78 is 7.17. The number of carbonyl (C=O) groups is 2. The van der Waals surface area contributed by atoms with E-state index in [9.17, 15) is 9.59 Å². The van der Waals surface area contributed by atoms with Gasteiger partial charge in [0.15, 0.2) is 0 Å². The summed E-state index contributed by atoms with van der Waals surface area (Å²) in [5.41, 5.74) is 2.72. The molecule has 9 heteroatoms. The second-order valence-electron chi connectivity index (χ2n) is 8.45. The molecule has 2 saturated heterocycles. The fourth-order valence-electron chi connectivity index (χ4n) is 4.62. The number of likely N-dealkylation sites (tertiary alicyclic amines) is 1. The number of nitrogens with zero attached hydrogens (tertiary/aromatic N) is 4. The number of hydrogen-bond donors (Lipinski definition) is 1. The van der Waals surface area contributed by atoms with Gasteiger partial charge in [-0.05, 0) is 37.8 Å². The molecule has 1 aromatic heterocycles. The zero-order valence-corrected chi connectivity index (χ0v) is 17.9. The Kier molecular flexibility index (Phi) is 5.14. The number of benzene rings is 1. The number of likely N-dealkylation sites (N-methyl/N-ethyl adjacent to an activating group) is 1. The van der Waals surface area contributed by atoms with Crippen LogP contribution >= 0.6 is 11.3 Å². The van der Waals surface area contributed by atoms with Crippen LogP contribution in [0.15, 0.2) is 23.7 Å². The average molecular weight is 430 g/mol. The van der Waals surface area contributed by atoms with Crippen LogP contribution in [0.4, 0.5) is 9.59 Å². The van der Waals surface area contributed by atoms with Crippen LogP contribution in [0.25, 0.3) is 10.2 Å². The normalized spacial score (nSPS) is 25.0. The molecule has 0 radical (unpaired) electrons. The second kappa shape index (κ2) is 7.94. The van der Waals surface area contributed by atoms with Crippen molar-refractivity contribution in [3.05, 3.63) is 23.7 Å². The number of nitrogens with one attached hydrogen (secondary N) is 1. The van der Waals surface area contributed by atoms with E-state index in [0.29, 0.717) is 19.1 Å². The smallest absolute Gasteiger partial charge is 0.320 e. The first-order chi connectivity index (χ1) is 14.6. The lowest BCUT2D eigenvalue weighted by Crippen LogP contribution is -2.60. The fourth-order valence-corrected chi connectivity index (χ4v) is 5.31. The predicted molar refractivity (Wildman–Crippen MR) is 115 cm³/mol. The summed E-state index contributed by atoms with van der Waals surface area (Å²) in [7, 11) is 1.86. The van der Waals surface area contributed by atoms with E-state index in [1.807, 2.05) is 35.7 Å². The molecular weight excluding hydrogens is 402 g/mol. The molecule has 2 aromatic rings. The van der Waals surface area contributed by atoms with Crippen LogP contribution in [0.2, 0.25) is 0 Å². The van der Waals surface area contributed by atoms with Gasteiger partial charge in [0.25, 0.3) is 0 Å². The lowest BCUT2D eigenvalue weighted by molar-refractivity contribution is 0.0434. The van der Waals surface area contributed by atoms with E-state index in [0.717, 1.165) is 54.7 Å². The van der Waals surface area contributed by atoms with E-state index in [1.54, 1.807) is 21.1 Å². The maximum absolute atomic E-state index is 12.6. The van der Waals surface area contributed by atoms with Gasteiger partial charge in [0, 0.05) is 32.2 Å². The molecule has 0 atom stereocenters. The number of amides is 4. The van der Waals surface area contributed by atoms with Crippen LogP contribution in [0, 0.1) is 0 Å². The third-order valence-corrected chi connectivity index (χ3v) is 7.26. The fraction of sp³-hybridized carbons (Fsp3) is 0.571. The quantitative estimate of drug-likeness (QED) is 0.811. The zero-order chi connectivity index (χ0) is 20.7. The second-order valence-corrected chi connectivity index (χ2v) is 9.34. The highest BCUT2D eigenvalue weighted by molar-refractivity contribution is 7.16. The largest absolute Gasteiger partial charge is 0.484 e. The van der Waals surface area contributed by atoms with Gasteiger partial charge >= 0.3 is 12.1 Å². The molecule has 3 fully saturated rings. The van der Waals surface area contributed by atoms with Crippen LogP contribution in [0.5, 0.6) is 5.75 Å². The molecule has 1 aromatic carbocycles. The monoisotopic (exact) mass is 429 g/mol. The standard InChI is InChI=1S/C21H27N5O3S/c1-24-9-10-26(21(24)28)15-7-5-14(6-8-15)23-20(27)25-11-16(12-25)29-17-3-2-4-18-19(17)22-13-30-18/h2-4,13-16H,5-12H2,1H3,(H,23,27). The molecule has 0 bridgehead atoms. The number of thiazole rings is 1. The number of ether oxygens (including phenoxy) is 1. The van der Waals surface area contributed by atoms with E-state index in [-0.39, 0.29) is 24.2 Å². The summed E-state index contributed by atoms with van der Waals surface area (Å²) in [5.74, 6) is 0.791. The van der Waals surface area contributed by atoms with Crippen molar-refractivity contribution in [2.45, 2.75) is 43.9 Å². The van der Waals surface area contributed by atoms with E-state index in [4.69, 9.17) is 4.74 Å². The minimum absolute atomic E-state index is 0.0111. The summed E-state index contributed by atoms with van der Waals surface area (Å²) >= 11 is 1.60. The number of rotatable bonds is 4. The minimum atomic E-state index is -0.0119. The highest BCUT2D eigenvalue weighted by atomic mass is 32.1.